The predicted molar refractivity (Wildman–Crippen MR) is 145 cm³/mol. The first-order valence-corrected chi connectivity index (χ1v) is 13.7. The van der Waals surface area contributed by atoms with Gasteiger partial charge in [0.15, 0.2) is 0 Å². The highest BCUT2D eigenvalue weighted by molar-refractivity contribution is 5.75. The molecule has 180 valence electrons. The number of aryl methyl sites for hydroxylation is 2. The van der Waals surface area contributed by atoms with Gasteiger partial charge in [-0.15, -0.1) is 0 Å². The summed E-state index contributed by atoms with van der Waals surface area (Å²) in [6.45, 7) is 4.45. The van der Waals surface area contributed by atoms with Crippen LogP contribution in [0.15, 0.2) is 60.7 Å². The Kier molecular flexibility index (Phi) is 8.97. The molecule has 0 atom stereocenters. The fourth-order valence-corrected chi connectivity index (χ4v) is 5.59. The summed E-state index contributed by atoms with van der Waals surface area (Å²) in [5, 5.41) is 0. The molecular formula is C33H41F. The molecule has 0 heterocycles. The third kappa shape index (κ3) is 6.17. The summed E-state index contributed by atoms with van der Waals surface area (Å²) >= 11 is 0. The summed E-state index contributed by atoms with van der Waals surface area (Å²) in [5.41, 5.74) is 8.29. The lowest BCUT2D eigenvalue weighted by molar-refractivity contribution is 0.444. The standard InChI is InChI=1S/C33H41F/c1-3-5-6-8-12-26-17-21-31(33(34)23-26)29-20-22-30(28-18-15-25(11-4-2)16-19-28)32(24-29)27-13-9-7-10-14-27/h15-24,27H,3-14H2,1-2H3. The maximum Gasteiger partial charge on any atom is 0.131 e. The van der Waals surface area contributed by atoms with Gasteiger partial charge in [-0.2, -0.15) is 0 Å². The Morgan fingerprint density at radius 2 is 1.35 bits per heavy atom. The molecule has 0 radical (unpaired) electrons. The van der Waals surface area contributed by atoms with Crippen molar-refractivity contribution in [2.24, 2.45) is 0 Å². The van der Waals surface area contributed by atoms with E-state index in [1.54, 1.807) is 6.07 Å². The van der Waals surface area contributed by atoms with Crippen LogP contribution in [-0.4, -0.2) is 0 Å². The van der Waals surface area contributed by atoms with E-state index in [4.69, 9.17) is 0 Å². The minimum absolute atomic E-state index is 0.0840. The average Bonchev–Trinajstić information content (AvgIpc) is 2.88. The van der Waals surface area contributed by atoms with Gasteiger partial charge in [0.1, 0.15) is 5.82 Å². The maximum absolute atomic E-state index is 15.2. The van der Waals surface area contributed by atoms with Gasteiger partial charge in [-0.1, -0.05) is 113 Å². The van der Waals surface area contributed by atoms with E-state index in [1.165, 1.54) is 80.0 Å². The monoisotopic (exact) mass is 456 g/mol. The molecule has 0 amide bonds. The van der Waals surface area contributed by atoms with Crippen molar-refractivity contribution in [1.82, 2.24) is 0 Å². The number of halogens is 1. The van der Waals surface area contributed by atoms with Gasteiger partial charge in [0, 0.05) is 5.56 Å². The molecule has 0 unspecified atom stereocenters. The van der Waals surface area contributed by atoms with Crippen molar-refractivity contribution in [2.75, 3.05) is 0 Å². The number of benzene rings is 3. The maximum atomic E-state index is 15.2. The van der Waals surface area contributed by atoms with Crippen LogP contribution < -0.4 is 0 Å². The Balaban J connectivity index is 1.64. The van der Waals surface area contributed by atoms with Gasteiger partial charge in [-0.3, -0.25) is 0 Å². The van der Waals surface area contributed by atoms with Crippen molar-refractivity contribution in [1.29, 1.82) is 0 Å². The second-order valence-corrected chi connectivity index (χ2v) is 10.2. The summed E-state index contributed by atoms with van der Waals surface area (Å²) in [7, 11) is 0. The molecule has 3 aromatic rings. The molecule has 0 bridgehead atoms. The SMILES string of the molecule is CCCCCCc1ccc(-c2ccc(-c3ccc(CCC)cc3)c(C3CCCCC3)c2)c(F)c1. The van der Waals surface area contributed by atoms with Crippen LogP contribution in [-0.2, 0) is 12.8 Å². The van der Waals surface area contributed by atoms with E-state index in [0.29, 0.717) is 5.92 Å². The summed E-state index contributed by atoms with van der Waals surface area (Å²) in [6.07, 6.45) is 14.5. The van der Waals surface area contributed by atoms with Crippen LogP contribution in [0.4, 0.5) is 4.39 Å². The van der Waals surface area contributed by atoms with Crippen molar-refractivity contribution >= 4 is 0 Å². The molecule has 34 heavy (non-hydrogen) atoms. The van der Waals surface area contributed by atoms with Crippen molar-refractivity contribution in [3.8, 4) is 22.3 Å². The minimum Gasteiger partial charge on any atom is -0.206 e. The molecule has 0 N–H and O–H groups in total. The van der Waals surface area contributed by atoms with E-state index in [9.17, 15) is 0 Å². The Bertz CT molecular complexity index is 1040. The zero-order chi connectivity index (χ0) is 23.8. The topological polar surface area (TPSA) is 0 Å². The fourth-order valence-electron chi connectivity index (χ4n) is 5.59. The molecule has 4 rings (SSSR count). The summed E-state index contributed by atoms with van der Waals surface area (Å²) in [4.78, 5) is 0. The molecule has 0 aromatic heterocycles. The molecule has 0 aliphatic heterocycles. The van der Waals surface area contributed by atoms with E-state index < -0.39 is 0 Å². The van der Waals surface area contributed by atoms with E-state index in [2.05, 4.69) is 62.4 Å². The number of hydrogen-bond acceptors (Lipinski definition) is 0. The Morgan fingerprint density at radius 1 is 0.647 bits per heavy atom. The largest absolute Gasteiger partial charge is 0.206 e. The fraction of sp³-hybridized carbons (Fsp3) is 0.455. The molecule has 1 aliphatic rings. The summed E-state index contributed by atoms with van der Waals surface area (Å²) in [6, 6.07) is 21.7. The second kappa shape index (κ2) is 12.3. The van der Waals surface area contributed by atoms with Crippen LogP contribution in [0.1, 0.15) is 101 Å². The van der Waals surface area contributed by atoms with Gasteiger partial charge in [0.25, 0.3) is 0 Å². The predicted octanol–water partition coefficient (Wildman–Crippen LogP) is 10.3. The van der Waals surface area contributed by atoms with Crippen molar-refractivity contribution < 1.29 is 4.39 Å². The minimum atomic E-state index is -0.0840. The van der Waals surface area contributed by atoms with Gasteiger partial charge in [0.2, 0.25) is 0 Å². The molecule has 0 spiro atoms. The lowest BCUT2D eigenvalue weighted by atomic mass is 9.79. The lowest BCUT2D eigenvalue weighted by Crippen LogP contribution is -2.06. The van der Waals surface area contributed by atoms with E-state index in [-0.39, 0.29) is 5.82 Å². The summed E-state index contributed by atoms with van der Waals surface area (Å²) in [5.74, 6) is 0.485. The van der Waals surface area contributed by atoms with E-state index in [0.717, 1.165) is 36.0 Å². The Labute approximate surface area is 206 Å². The van der Waals surface area contributed by atoms with E-state index >= 15 is 4.39 Å². The molecule has 0 nitrogen and oxygen atoms in total. The second-order valence-electron chi connectivity index (χ2n) is 10.2. The van der Waals surface area contributed by atoms with E-state index in [1.807, 2.05) is 6.07 Å². The third-order valence-electron chi connectivity index (χ3n) is 7.56. The molecule has 1 heteroatoms. The molecule has 1 fully saturated rings. The molecule has 0 saturated heterocycles. The highest BCUT2D eigenvalue weighted by atomic mass is 19.1. The van der Waals surface area contributed by atoms with Gasteiger partial charge in [-0.05, 0) is 77.5 Å². The number of hydrogen-bond donors (Lipinski definition) is 0. The zero-order valence-corrected chi connectivity index (χ0v) is 21.2. The van der Waals surface area contributed by atoms with Gasteiger partial charge >= 0.3 is 0 Å². The quantitative estimate of drug-likeness (QED) is 0.266. The van der Waals surface area contributed by atoms with Gasteiger partial charge < -0.3 is 0 Å². The van der Waals surface area contributed by atoms with Crippen LogP contribution in [0.5, 0.6) is 0 Å². The highest BCUT2D eigenvalue weighted by Gasteiger charge is 2.20. The first-order valence-electron chi connectivity index (χ1n) is 13.7. The number of unbranched alkanes of at least 4 members (excludes halogenated alkanes) is 3. The van der Waals surface area contributed by atoms with Crippen LogP contribution in [0, 0.1) is 5.82 Å². The Hall–Kier alpha value is -2.41. The van der Waals surface area contributed by atoms with Crippen LogP contribution in [0.3, 0.4) is 0 Å². The average molecular weight is 457 g/mol. The molecular weight excluding hydrogens is 415 g/mol. The van der Waals surface area contributed by atoms with Crippen molar-refractivity contribution in [2.45, 2.75) is 96.8 Å². The first kappa shape index (κ1) is 24.7. The molecule has 1 saturated carbocycles. The highest BCUT2D eigenvalue weighted by Crippen LogP contribution is 2.40. The van der Waals surface area contributed by atoms with Crippen LogP contribution >= 0.6 is 0 Å². The van der Waals surface area contributed by atoms with Gasteiger partial charge in [0.05, 0.1) is 0 Å². The smallest absolute Gasteiger partial charge is 0.131 e. The van der Waals surface area contributed by atoms with Crippen molar-refractivity contribution in [3.05, 3.63) is 83.2 Å². The normalized spacial score (nSPS) is 14.4. The third-order valence-corrected chi connectivity index (χ3v) is 7.56. The lowest BCUT2D eigenvalue weighted by Gasteiger charge is -2.25. The molecule has 3 aromatic carbocycles. The zero-order valence-electron chi connectivity index (χ0n) is 21.2. The van der Waals surface area contributed by atoms with Crippen molar-refractivity contribution in [3.63, 3.8) is 0 Å². The summed E-state index contributed by atoms with van der Waals surface area (Å²) < 4.78 is 15.2. The Morgan fingerprint density at radius 3 is 2.06 bits per heavy atom. The molecule has 1 aliphatic carbocycles. The first-order chi connectivity index (χ1) is 16.7. The van der Waals surface area contributed by atoms with Gasteiger partial charge in [-0.25, -0.2) is 4.39 Å². The van der Waals surface area contributed by atoms with Crippen LogP contribution in [0.2, 0.25) is 0 Å². The van der Waals surface area contributed by atoms with Crippen LogP contribution in [0.25, 0.3) is 22.3 Å². The number of rotatable bonds is 10.